The number of hydrogen-bond acceptors (Lipinski definition) is 4. The molecule has 1 heterocycles. The van der Waals surface area contributed by atoms with Crippen LogP contribution in [-0.2, 0) is 9.84 Å². The molecule has 3 atom stereocenters. The van der Waals surface area contributed by atoms with Crippen LogP contribution in [0.25, 0.3) is 0 Å². The van der Waals surface area contributed by atoms with E-state index in [-0.39, 0.29) is 10.9 Å². The van der Waals surface area contributed by atoms with E-state index in [0.717, 1.165) is 38.3 Å². The predicted molar refractivity (Wildman–Crippen MR) is 75.9 cm³/mol. The Morgan fingerprint density at radius 3 is 2.65 bits per heavy atom. The van der Waals surface area contributed by atoms with Gasteiger partial charge in [-0.05, 0) is 42.9 Å². The van der Waals surface area contributed by atoms with Gasteiger partial charge in [0.1, 0.15) is 5.82 Å². The summed E-state index contributed by atoms with van der Waals surface area (Å²) in [6.07, 6.45) is 3.24. The van der Waals surface area contributed by atoms with Crippen molar-refractivity contribution in [3.63, 3.8) is 0 Å². The highest BCUT2D eigenvalue weighted by atomic mass is 32.2. The molecule has 1 aromatic carbocycles. The molecule has 3 rings (SSSR count). The molecular formula is C14H19FN2O2S. The summed E-state index contributed by atoms with van der Waals surface area (Å²) in [5, 5.41) is 0. The van der Waals surface area contributed by atoms with Crippen LogP contribution in [-0.4, -0.2) is 33.8 Å². The molecule has 2 aliphatic rings. The number of rotatable bonds is 2. The molecule has 110 valence electrons. The van der Waals surface area contributed by atoms with Crippen molar-refractivity contribution >= 4 is 15.5 Å². The van der Waals surface area contributed by atoms with Gasteiger partial charge in [0.2, 0.25) is 0 Å². The van der Waals surface area contributed by atoms with Gasteiger partial charge in [0.15, 0.2) is 9.84 Å². The maximum atomic E-state index is 14.2. The van der Waals surface area contributed by atoms with Crippen LogP contribution in [0.4, 0.5) is 10.1 Å². The van der Waals surface area contributed by atoms with E-state index in [1.807, 2.05) is 4.90 Å². The number of sulfone groups is 1. The first kappa shape index (κ1) is 13.8. The fraction of sp³-hybridized carbons (Fsp3) is 0.571. The molecule has 1 aromatic rings. The molecule has 1 saturated carbocycles. The lowest BCUT2D eigenvalue weighted by molar-refractivity contribution is 0.453. The van der Waals surface area contributed by atoms with Crippen molar-refractivity contribution in [2.24, 2.45) is 17.6 Å². The van der Waals surface area contributed by atoms with E-state index in [9.17, 15) is 12.8 Å². The van der Waals surface area contributed by atoms with E-state index in [2.05, 4.69) is 0 Å². The van der Waals surface area contributed by atoms with Gasteiger partial charge in [0, 0.05) is 25.4 Å². The van der Waals surface area contributed by atoms with Crippen LogP contribution in [0.15, 0.2) is 23.1 Å². The van der Waals surface area contributed by atoms with Gasteiger partial charge < -0.3 is 10.6 Å². The Hall–Kier alpha value is -1.14. The first-order chi connectivity index (χ1) is 9.36. The zero-order valence-corrected chi connectivity index (χ0v) is 12.2. The van der Waals surface area contributed by atoms with Gasteiger partial charge in [-0.3, -0.25) is 0 Å². The molecular weight excluding hydrogens is 279 g/mol. The average molecular weight is 298 g/mol. The van der Waals surface area contributed by atoms with E-state index in [0.29, 0.717) is 17.5 Å². The third kappa shape index (κ3) is 2.31. The number of benzene rings is 1. The molecule has 3 unspecified atom stereocenters. The summed E-state index contributed by atoms with van der Waals surface area (Å²) >= 11 is 0. The summed E-state index contributed by atoms with van der Waals surface area (Å²) in [6.45, 7) is 1.58. The Labute approximate surface area is 118 Å². The molecule has 20 heavy (non-hydrogen) atoms. The van der Waals surface area contributed by atoms with Crippen LogP contribution < -0.4 is 10.6 Å². The fourth-order valence-electron chi connectivity index (χ4n) is 3.48. The molecule has 1 saturated heterocycles. The quantitative estimate of drug-likeness (QED) is 0.896. The normalized spacial score (nSPS) is 29.8. The summed E-state index contributed by atoms with van der Waals surface area (Å²) in [6, 6.07) is 4.36. The predicted octanol–water partition coefficient (Wildman–Crippen LogP) is 1.40. The number of anilines is 1. The van der Waals surface area contributed by atoms with Crippen LogP contribution >= 0.6 is 0 Å². The largest absolute Gasteiger partial charge is 0.369 e. The first-order valence-electron chi connectivity index (χ1n) is 6.86. The van der Waals surface area contributed by atoms with E-state index < -0.39 is 15.7 Å². The minimum absolute atomic E-state index is 0.0230. The zero-order chi connectivity index (χ0) is 14.5. The van der Waals surface area contributed by atoms with Gasteiger partial charge in [-0.15, -0.1) is 0 Å². The molecule has 0 radical (unpaired) electrons. The molecule has 2 N–H and O–H groups in total. The number of fused-ring (bicyclic) bond motifs is 1. The van der Waals surface area contributed by atoms with Crippen molar-refractivity contribution < 1.29 is 12.8 Å². The number of halogens is 1. The molecule has 2 fully saturated rings. The number of nitrogens with zero attached hydrogens (tertiary/aromatic N) is 1. The molecule has 1 aliphatic heterocycles. The maximum Gasteiger partial charge on any atom is 0.175 e. The summed E-state index contributed by atoms with van der Waals surface area (Å²) in [7, 11) is -3.37. The van der Waals surface area contributed by atoms with Gasteiger partial charge >= 0.3 is 0 Å². The van der Waals surface area contributed by atoms with Gasteiger partial charge in [-0.2, -0.15) is 0 Å². The van der Waals surface area contributed by atoms with E-state index in [4.69, 9.17) is 5.73 Å². The SMILES string of the molecule is CS(=O)(=O)c1ccc(N2CC3CCC(N)C3C2)c(F)c1. The van der Waals surface area contributed by atoms with Crippen molar-refractivity contribution in [1.82, 2.24) is 0 Å². The Morgan fingerprint density at radius 2 is 2.05 bits per heavy atom. The summed E-state index contributed by atoms with van der Waals surface area (Å²) in [4.78, 5) is 2.02. The summed E-state index contributed by atoms with van der Waals surface area (Å²) in [5.74, 6) is 0.504. The highest BCUT2D eigenvalue weighted by Gasteiger charge is 2.41. The molecule has 0 bridgehead atoms. The summed E-state index contributed by atoms with van der Waals surface area (Å²) < 4.78 is 37.0. The standard InChI is InChI=1S/C14H19FN2O2S/c1-20(18,19)10-3-5-14(12(15)6-10)17-7-9-2-4-13(16)11(9)8-17/h3,5-6,9,11,13H,2,4,7-8,16H2,1H3. The molecule has 0 aromatic heterocycles. The summed E-state index contributed by atoms with van der Waals surface area (Å²) in [5.41, 5.74) is 6.56. The van der Waals surface area contributed by atoms with Crippen LogP contribution in [0.2, 0.25) is 0 Å². The van der Waals surface area contributed by atoms with Gasteiger partial charge in [-0.1, -0.05) is 0 Å². The lowest BCUT2D eigenvalue weighted by Crippen LogP contribution is -2.30. The molecule has 1 aliphatic carbocycles. The number of nitrogens with two attached hydrogens (primary N) is 1. The lowest BCUT2D eigenvalue weighted by Gasteiger charge is -2.21. The molecule has 0 amide bonds. The van der Waals surface area contributed by atoms with Crippen molar-refractivity contribution in [2.75, 3.05) is 24.2 Å². The van der Waals surface area contributed by atoms with Crippen LogP contribution in [0.3, 0.4) is 0 Å². The van der Waals surface area contributed by atoms with Crippen LogP contribution in [0, 0.1) is 17.7 Å². The van der Waals surface area contributed by atoms with Gasteiger partial charge in [0.05, 0.1) is 10.6 Å². The van der Waals surface area contributed by atoms with Crippen molar-refractivity contribution in [3.8, 4) is 0 Å². The lowest BCUT2D eigenvalue weighted by atomic mass is 9.98. The van der Waals surface area contributed by atoms with Crippen molar-refractivity contribution in [1.29, 1.82) is 0 Å². The van der Waals surface area contributed by atoms with Crippen LogP contribution in [0.1, 0.15) is 12.8 Å². The average Bonchev–Trinajstić information content (AvgIpc) is 2.91. The molecule has 0 spiro atoms. The molecule has 6 heteroatoms. The highest BCUT2D eigenvalue weighted by molar-refractivity contribution is 7.90. The first-order valence-corrected chi connectivity index (χ1v) is 8.75. The van der Waals surface area contributed by atoms with Crippen molar-refractivity contribution in [2.45, 2.75) is 23.8 Å². The highest BCUT2D eigenvalue weighted by Crippen LogP contribution is 2.39. The van der Waals surface area contributed by atoms with Gasteiger partial charge in [0.25, 0.3) is 0 Å². The third-order valence-corrected chi connectivity index (χ3v) is 5.71. The topological polar surface area (TPSA) is 63.4 Å². The third-order valence-electron chi connectivity index (χ3n) is 4.60. The van der Waals surface area contributed by atoms with Crippen LogP contribution in [0.5, 0.6) is 0 Å². The molecule has 4 nitrogen and oxygen atoms in total. The van der Waals surface area contributed by atoms with E-state index in [1.54, 1.807) is 6.07 Å². The minimum Gasteiger partial charge on any atom is -0.369 e. The second kappa shape index (κ2) is 4.70. The maximum absolute atomic E-state index is 14.2. The van der Waals surface area contributed by atoms with Gasteiger partial charge in [-0.25, -0.2) is 12.8 Å². The Morgan fingerprint density at radius 1 is 1.30 bits per heavy atom. The van der Waals surface area contributed by atoms with E-state index >= 15 is 0 Å². The second-order valence-electron chi connectivity index (χ2n) is 5.96. The smallest absolute Gasteiger partial charge is 0.175 e. The van der Waals surface area contributed by atoms with E-state index in [1.165, 1.54) is 6.07 Å². The minimum atomic E-state index is -3.37. The Balaban J connectivity index is 1.86. The van der Waals surface area contributed by atoms with Crippen molar-refractivity contribution in [3.05, 3.63) is 24.0 Å². The Bertz CT molecular complexity index is 632. The monoisotopic (exact) mass is 298 g/mol. The fourth-order valence-corrected chi connectivity index (χ4v) is 4.11. The Kier molecular flexibility index (Phi) is 3.25. The zero-order valence-electron chi connectivity index (χ0n) is 11.4. The second-order valence-corrected chi connectivity index (χ2v) is 7.97. The number of hydrogen-bond donors (Lipinski definition) is 1.